The van der Waals surface area contributed by atoms with Gasteiger partial charge < -0.3 is 24.4 Å². The Bertz CT molecular complexity index is 2690. The maximum Gasteiger partial charge on any atom is 0.194 e. The first kappa shape index (κ1) is 144. The summed E-state index contributed by atoms with van der Waals surface area (Å²) in [6, 6.07) is 9.65. The molecule has 0 saturated heterocycles. The summed E-state index contributed by atoms with van der Waals surface area (Å²) in [5.41, 5.74) is -6.73. The highest BCUT2D eigenvalue weighted by atomic mass is 16.6. The van der Waals surface area contributed by atoms with Crippen molar-refractivity contribution < 1.29 is 34.0 Å². The number of unbranched alkanes of at least 4 members (excludes halogenated alkanes) is 104. The first-order valence-corrected chi connectivity index (χ1v) is 69.5. The van der Waals surface area contributed by atoms with Gasteiger partial charge in [0.1, 0.15) is 22.9 Å². The largest absolute Gasteiger partial charge is 0.384 e. The molecule has 0 bridgehead atoms. The van der Waals surface area contributed by atoms with Crippen LogP contribution in [0.15, 0.2) is 30.3 Å². The predicted molar refractivity (Wildman–Crippen MR) is 658 cm³/mol. The number of ketones is 2. The average Bonchev–Trinajstić information content (AvgIpc) is 0.685. The monoisotopic (exact) mass is 2080 g/mol. The quantitative estimate of drug-likeness (QED) is 0.0495. The van der Waals surface area contributed by atoms with E-state index in [1.165, 1.54) is 552 Å². The summed E-state index contributed by atoms with van der Waals surface area (Å²) in [6.45, 7) is 19.8. The van der Waals surface area contributed by atoms with Crippen molar-refractivity contribution in [2.45, 2.75) is 835 Å². The first-order valence-electron chi connectivity index (χ1n) is 69.5. The number of hydrogen-bond donors (Lipinski definition) is 2. The normalized spacial score (nSPS) is 13.8. The number of aliphatic hydroxyl groups excluding tert-OH is 1. The fraction of sp³-hybridized carbons (Fsp3) is 0.943. The van der Waals surface area contributed by atoms with Crippen LogP contribution in [0.1, 0.15) is 817 Å². The zero-order chi connectivity index (χ0) is 107. The van der Waals surface area contributed by atoms with Crippen LogP contribution in [-0.4, -0.2) is 70.1 Å². The molecular weight excluding hydrogens is 1810 g/mol. The SMILES string of the molecule is CCCCCCCCCCCCCCCCO[C@@](CCCCCCCCCCCCCCCC)([C@](CCCCCCCCCCCCCCCC)(OCCCCCCCCCCCCCCCC)[C@@](O)(CCCCCCCCCCCCCCCC)C(O)C(=O)c1ccccc1)[C@@](CCCCCCCCCCCCCCCC)(OCCCCCCCCCCCCCCCC)C(=O)CCCCCCCCCCCCCCCC. The molecule has 0 spiro atoms. The number of Topliss-reactive ketones (excluding diaryl/α,β-unsaturated/α-hetero) is 2. The van der Waals surface area contributed by atoms with Gasteiger partial charge in [-0.1, -0.05) is 773 Å². The van der Waals surface area contributed by atoms with E-state index in [-0.39, 0.29) is 12.2 Å². The number of carbonyl (C=O) groups is 2. The molecule has 1 aromatic rings. The van der Waals surface area contributed by atoms with Crippen LogP contribution in [0.3, 0.4) is 0 Å². The van der Waals surface area contributed by atoms with E-state index in [0.717, 1.165) is 161 Å². The van der Waals surface area contributed by atoms with Crippen LogP contribution in [0, 0.1) is 0 Å². The van der Waals surface area contributed by atoms with Gasteiger partial charge in [-0.25, -0.2) is 0 Å². The summed E-state index contributed by atoms with van der Waals surface area (Å²) < 4.78 is 26.2. The Balaban J connectivity index is 5.08. The van der Waals surface area contributed by atoms with Crippen molar-refractivity contribution in [1.29, 1.82) is 0 Å². The smallest absolute Gasteiger partial charge is 0.194 e. The molecule has 0 saturated carbocycles. The van der Waals surface area contributed by atoms with Crippen LogP contribution < -0.4 is 0 Å². The number of benzene rings is 1. The van der Waals surface area contributed by atoms with Gasteiger partial charge in [0.25, 0.3) is 0 Å². The molecule has 2 N–H and O–H groups in total. The molecule has 5 atom stereocenters. The molecule has 1 unspecified atom stereocenters. The second-order valence-corrected chi connectivity index (χ2v) is 49.0. The number of aliphatic hydroxyl groups is 2. The molecule has 0 aliphatic heterocycles. The lowest BCUT2D eigenvalue weighted by Gasteiger charge is -2.64. The zero-order valence-corrected chi connectivity index (χ0v) is 103. The number of hydrogen-bond acceptors (Lipinski definition) is 7. The van der Waals surface area contributed by atoms with Gasteiger partial charge in [0.15, 0.2) is 17.2 Å². The van der Waals surface area contributed by atoms with Crippen LogP contribution in [-0.2, 0) is 19.0 Å². The van der Waals surface area contributed by atoms with E-state index in [0.29, 0.717) is 57.5 Å². The summed E-state index contributed by atoms with van der Waals surface area (Å²) in [6.07, 6.45) is 139. The van der Waals surface area contributed by atoms with Gasteiger partial charge >= 0.3 is 0 Å². The molecule has 7 nitrogen and oxygen atoms in total. The molecule has 0 heterocycles. The molecule has 0 radical (unpaired) electrons. The predicted octanol–water partition coefficient (Wildman–Crippen LogP) is 48.6. The lowest BCUT2D eigenvalue weighted by atomic mass is 9.54. The van der Waals surface area contributed by atoms with Crippen LogP contribution in [0.4, 0.5) is 0 Å². The zero-order valence-electron chi connectivity index (χ0n) is 103. The first-order chi connectivity index (χ1) is 73.1. The van der Waals surface area contributed by atoms with Crippen LogP contribution in [0.5, 0.6) is 0 Å². The fourth-order valence-corrected chi connectivity index (χ4v) is 25.1. The fourth-order valence-electron chi connectivity index (χ4n) is 25.1. The molecule has 878 valence electrons. The molecule has 7 heteroatoms. The van der Waals surface area contributed by atoms with Gasteiger partial charge in [0.05, 0.1) is 0 Å². The van der Waals surface area contributed by atoms with E-state index < -0.39 is 34.3 Å². The summed E-state index contributed by atoms with van der Waals surface area (Å²) in [4.78, 5) is 35.1. The topological polar surface area (TPSA) is 102 Å². The third kappa shape index (κ3) is 81.0. The summed E-state index contributed by atoms with van der Waals surface area (Å²) in [7, 11) is 0. The van der Waals surface area contributed by atoms with E-state index in [4.69, 9.17) is 14.2 Å². The molecule has 148 heavy (non-hydrogen) atoms. The third-order valence-corrected chi connectivity index (χ3v) is 35.1. The summed E-state index contributed by atoms with van der Waals surface area (Å²) in [5, 5.41) is 31.1. The second kappa shape index (κ2) is 115. The lowest BCUT2D eigenvalue weighted by molar-refractivity contribution is -0.347. The van der Waals surface area contributed by atoms with Crippen molar-refractivity contribution in [2.24, 2.45) is 0 Å². The van der Waals surface area contributed by atoms with E-state index >= 15 is 14.7 Å². The molecule has 0 aliphatic rings. The van der Waals surface area contributed by atoms with Crippen molar-refractivity contribution in [3.63, 3.8) is 0 Å². The second-order valence-electron chi connectivity index (χ2n) is 49.0. The minimum atomic E-state index is -2.20. The van der Waals surface area contributed by atoms with Gasteiger partial charge in [0, 0.05) is 31.8 Å². The molecule has 1 aromatic carbocycles. The van der Waals surface area contributed by atoms with Crippen LogP contribution in [0.25, 0.3) is 0 Å². The van der Waals surface area contributed by atoms with Crippen molar-refractivity contribution >= 4 is 11.6 Å². The Kier molecular flexibility index (Phi) is 112. The Morgan fingerprint density at radius 1 is 0.196 bits per heavy atom. The lowest BCUT2D eigenvalue weighted by Crippen LogP contribution is -2.82. The van der Waals surface area contributed by atoms with Gasteiger partial charge in [0.2, 0.25) is 0 Å². The van der Waals surface area contributed by atoms with E-state index in [1.54, 1.807) is 0 Å². The number of carbonyl (C=O) groups excluding carboxylic acids is 2. The maximum absolute atomic E-state index is 18.4. The van der Waals surface area contributed by atoms with Gasteiger partial charge in [-0.15, -0.1) is 0 Å². The number of ether oxygens (including phenoxy) is 3. The highest BCUT2D eigenvalue weighted by Gasteiger charge is 2.75. The van der Waals surface area contributed by atoms with E-state index in [2.05, 4.69) is 55.4 Å². The van der Waals surface area contributed by atoms with Crippen molar-refractivity contribution in [1.82, 2.24) is 0 Å². The van der Waals surface area contributed by atoms with E-state index in [1.807, 2.05) is 30.3 Å². The van der Waals surface area contributed by atoms with Crippen molar-refractivity contribution in [2.75, 3.05) is 19.8 Å². The highest BCUT2D eigenvalue weighted by molar-refractivity contribution is 6.00. The molecule has 0 aromatic heterocycles. The Labute approximate surface area is 930 Å². The molecule has 0 aliphatic carbocycles. The van der Waals surface area contributed by atoms with Crippen LogP contribution in [0.2, 0.25) is 0 Å². The molecule has 1 rings (SSSR count). The maximum atomic E-state index is 18.4. The van der Waals surface area contributed by atoms with Crippen molar-refractivity contribution in [3.8, 4) is 0 Å². The highest BCUT2D eigenvalue weighted by Crippen LogP contribution is 2.58. The Morgan fingerprint density at radius 3 is 0.574 bits per heavy atom. The third-order valence-electron chi connectivity index (χ3n) is 35.1. The summed E-state index contributed by atoms with van der Waals surface area (Å²) >= 11 is 0. The molecular formula is C141H272O7. The Morgan fingerprint density at radius 2 is 0.358 bits per heavy atom. The molecule has 0 fully saturated rings. The van der Waals surface area contributed by atoms with Gasteiger partial charge in [-0.3, -0.25) is 9.59 Å². The minimum absolute atomic E-state index is 0.158. The standard InChI is InChI=1S/C141H272O7/c1-9-17-25-33-41-49-57-65-73-81-89-97-105-116-126-135(142)139(128-118-107-99-91-83-75-67-59-51-43-35-27-19-11-3,146-131-121-110-102-94-86-78-70-62-54-46-38-30-22-14-6)141(130-120-109-101-93-85-77-69-61-53-45-37-29-21-13-5,148-133-123-112-104-96-88-80-72-64-56-48-40-32-24-16-8)140(129-119-108-100-92-84-76-68-60-52-44-36-28-20-12-4,147-132-122-111-103-95-87-79-71-63-55-47-39-31-23-15-7)138(145,137(144)136(143)134-124-114-113-115-125-134)127-117-106-98-90-82-74-66-58-50-42-34-26-18-10-2/h113-115,124-125,137,144-145H,9-112,116-123,126-133H2,1-8H3/t137?,138-,139+,140-,141-/m1/s1. The van der Waals surface area contributed by atoms with Crippen LogP contribution >= 0.6 is 0 Å². The molecule has 0 amide bonds. The van der Waals surface area contributed by atoms with Crippen molar-refractivity contribution in [3.05, 3.63) is 35.9 Å². The van der Waals surface area contributed by atoms with Gasteiger partial charge in [-0.05, 0) is 57.8 Å². The minimum Gasteiger partial charge on any atom is -0.384 e. The summed E-state index contributed by atoms with van der Waals surface area (Å²) in [5.74, 6) is -0.281. The Hall–Kier alpha value is -1.64. The average molecular weight is 2080 g/mol. The van der Waals surface area contributed by atoms with Gasteiger partial charge in [-0.2, -0.15) is 0 Å². The van der Waals surface area contributed by atoms with E-state index in [9.17, 15) is 5.11 Å². The number of rotatable bonds is 130.